The first kappa shape index (κ1) is 27.5. The molecule has 0 heterocycles. The molecular formula is C33H31BrN2O2. The SMILES string of the molecule is C=CCN(CC#N)C(COC(c1ccccc1)(c1ccccc1)c1ccccc1)C(O)c1ccc(Br)cc1. The molecule has 2 atom stereocenters. The van der Waals surface area contributed by atoms with E-state index in [9.17, 15) is 10.4 Å². The van der Waals surface area contributed by atoms with E-state index < -0.39 is 17.7 Å². The van der Waals surface area contributed by atoms with Crippen molar-refractivity contribution in [2.45, 2.75) is 17.7 Å². The third kappa shape index (κ3) is 6.12. The van der Waals surface area contributed by atoms with Gasteiger partial charge >= 0.3 is 0 Å². The minimum atomic E-state index is -0.937. The molecular weight excluding hydrogens is 536 g/mol. The molecule has 5 heteroatoms. The van der Waals surface area contributed by atoms with Gasteiger partial charge in [-0.1, -0.05) is 125 Å². The van der Waals surface area contributed by atoms with E-state index in [1.807, 2.05) is 83.8 Å². The van der Waals surface area contributed by atoms with Crippen molar-refractivity contribution >= 4 is 15.9 Å². The summed E-state index contributed by atoms with van der Waals surface area (Å²) in [6, 6.07) is 39.7. The van der Waals surface area contributed by atoms with E-state index in [-0.39, 0.29) is 13.2 Å². The predicted octanol–water partition coefficient (Wildman–Crippen LogP) is 6.87. The lowest BCUT2D eigenvalue weighted by molar-refractivity contribution is -0.0538. The molecule has 4 rings (SSSR count). The van der Waals surface area contributed by atoms with Gasteiger partial charge in [-0.05, 0) is 34.4 Å². The Morgan fingerprint density at radius 2 is 1.32 bits per heavy atom. The number of ether oxygens (including phenoxy) is 1. The molecule has 38 heavy (non-hydrogen) atoms. The Hall–Kier alpha value is -3.53. The van der Waals surface area contributed by atoms with Gasteiger partial charge in [0.1, 0.15) is 5.60 Å². The molecule has 0 saturated carbocycles. The average molecular weight is 568 g/mol. The lowest BCUT2D eigenvalue weighted by Gasteiger charge is -2.40. The second-order valence-electron chi connectivity index (χ2n) is 9.03. The highest BCUT2D eigenvalue weighted by Gasteiger charge is 2.39. The van der Waals surface area contributed by atoms with Gasteiger partial charge in [-0.15, -0.1) is 6.58 Å². The fourth-order valence-electron chi connectivity index (χ4n) is 4.83. The van der Waals surface area contributed by atoms with Gasteiger partial charge in [-0.3, -0.25) is 4.90 Å². The lowest BCUT2D eigenvalue weighted by atomic mass is 9.80. The number of hydrogen-bond donors (Lipinski definition) is 1. The quantitative estimate of drug-likeness (QED) is 0.115. The van der Waals surface area contributed by atoms with Crippen molar-refractivity contribution in [2.75, 3.05) is 19.7 Å². The molecule has 1 N–H and O–H groups in total. The maximum atomic E-state index is 11.6. The molecule has 4 nitrogen and oxygen atoms in total. The third-order valence-corrected chi connectivity index (χ3v) is 7.22. The summed E-state index contributed by atoms with van der Waals surface area (Å²) in [5.74, 6) is 0. The van der Waals surface area contributed by atoms with Crippen molar-refractivity contribution in [3.05, 3.63) is 155 Å². The summed E-state index contributed by atoms with van der Waals surface area (Å²) in [5.41, 5.74) is 2.74. The van der Waals surface area contributed by atoms with Crippen LogP contribution in [0.5, 0.6) is 0 Å². The largest absolute Gasteiger partial charge is 0.387 e. The van der Waals surface area contributed by atoms with Crippen molar-refractivity contribution < 1.29 is 9.84 Å². The molecule has 192 valence electrons. The Morgan fingerprint density at radius 3 is 1.74 bits per heavy atom. The molecule has 0 aliphatic heterocycles. The Kier molecular flexibility index (Phi) is 9.64. The number of rotatable bonds is 12. The number of hydrogen-bond acceptors (Lipinski definition) is 4. The first-order valence-corrected chi connectivity index (χ1v) is 13.4. The van der Waals surface area contributed by atoms with Gasteiger partial charge in [-0.2, -0.15) is 5.26 Å². The Morgan fingerprint density at radius 1 is 0.842 bits per heavy atom. The first-order valence-electron chi connectivity index (χ1n) is 12.6. The Bertz CT molecular complexity index is 1230. The Balaban J connectivity index is 1.83. The van der Waals surface area contributed by atoms with Crippen molar-refractivity contribution in [2.24, 2.45) is 0 Å². The van der Waals surface area contributed by atoms with Gasteiger partial charge < -0.3 is 9.84 Å². The van der Waals surface area contributed by atoms with E-state index in [2.05, 4.69) is 65.0 Å². The summed E-state index contributed by atoms with van der Waals surface area (Å²) in [4.78, 5) is 1.91. The van der Waals surface area contributed by atoms with Crippen LogP contribution in [0.4, 0.5) is 0 Å². The number of aliphatic hydroxyl groups is 1. The zero-order chi connectivity index (χ0) is 26.8. The van der Waals surface area contributed by atoms with E-state index >= 15 is 0 Å². The van der Waals surface area contributed by atoms with Crippen molar-refractivity contribution in [3.8, 4) is 6.07 Å². The number of aliphatic hydroxyl groups excluding tert-OH is 1. The smallest absolute Gasteiger partial charge is 0.143 e. The minimum Gasteiger partial charge on any atom is -0.387 e. The maximum absolute atomic E-state index is 11.6. The topological polar surface area (TPSA) is 56.5 Å². The van der Waals surface area contributed by atoms with Crippen molar-refractivity contribution in [1.29, 1.82) is 5.26 Å². The average Bonchev–Trinajstić information content (AvgIpc) is 2.97. The molecule has 4 aromatic rings. The monoisotopic (exact) mass is 566 g/mol. The van der Waals surface area contributed by atoms with Gasteiger partial charge in [0.25, 0.3) is 0 Å². The number of nitriles is 1. The lowest BCUT2D eigenvalue weighted by Crippen LogP contribution is -2.46. The maximum Gasteiger partial charge on any atom is 0.143 e. The van der Waals surface area contributed by atoms with Gasteiger partial charge in [0.2, 0.25) is 0 Å². The van der Waals surface area contributed by atoms with Crippen molar-refractivity contribution in [3.63, 3.8) is 0 Å². The van der Waals surface area contributed by atoms with Crippen LogP contribution >= 0.6 is 15.9 Å². The van der Waals surface area contributed by atoms with E-state index in [1.54, 1.807) is 6.08 Å². The first-order chi connectivity index (χ1) is 18.6. The third-order valence-electron chi connectivity index (χ3n) is 6.69. The highest BCUT2D eigenvalue weighted by molar-refractivity contribution is 9.10. The van der Waals surface area contributed by atoms with Crippen LogP contribution in [0.25, 0.3) is 0 Å². The molecule has 0 spiro atoms. The van der Waals surface area contributed by atoms with Crippen LogP contribution < -0.4 is 0 Å². The second-order valence-corrected chi connectivity index (χ2v) is 9.95. The minimum absolute atomic E-state index is 0.128. The second kappa shape index (κ2) is 13.3. The van der Waals surface area contributed by atoms with Crippen LogP contribution in [0.15, 0.2) is 132 Å². The number of nitrogens with zero attached hydrogens (tertiary/aromatic N) is 2. The number of halogens is 1. The summed E-state index contributed by atoms with van der Waals surface area (Å²) in [6.07, 6.45) is 0.855. The van der Waals surface area contributed by atoms with E-state index in [1.165, 1.54) is 0 Å². The molecule has 0 bridgehead atoms. The summed E-state index contributed by atoms with van der Waals surface area (Å²) in [6.45, 7) is 4.60. The molecule has 0 saturated heterocycles. The van der Waals surface area contributed by atoms with E-state index in [4.69, 9.17) is 4.74 Å². The molecule has 4 aromatic carbocycles. The van der Waals surface area contributed by atoms with Crippen LogP contribution in [0.2, 0.25) is 0 Å². The van der Waals surface area contributed by atoms with Crippen molar-refractivity contribution in [1.82, 2.24) is 4.90 Å². The summed E-state index contributed by atoms with van der Waals surface area (Å²) < 4.78 is 7.96. The van der Waals surface area contributed by atoms with Crippen LogP contribution in [-0.4, -0.2) is 35.7 Å². The van der Waals surface area contributed by atoms with E-state index in [0.717, 1.165) is 26.7 Å². The zero-order valence-corrected chi connectivity index (χ0v) is 22.7. The summed E-state index contributed by atoms with van der Waals surface area (Å²) in [7, 11) is 0. The molecule has 0 aromatic heterocycles. The zero-order valence-electron chi connectivity index (χ0n) is 21.2. The molecule has 0 aliphatic carbocycles. The van der Waals surface area contributed by atoms with Crippen LogP contribution in [0, 0.1) is 11.3 Å². The summed E-state index contributed by atoms with van der Waals surface area (Å²) in [5, 5.41) is 21.2. The van der Waals surface area contributed by atoms with Gasteiger partial charge in [0.05, 0.1) is 31.4 Å². The standard InChI is InChI=1S/C33H31BrN2O2/c1-2-23-36(24-22-35)31(32(37)26-18-20-30(34)21-19-26)25-38-33(27-12-6-3-7-13-27,28-14-8-4-9-15-28)29-16-10-5-11-17-29/h2-21,31-32,37H,1,23-25H2. The summed E-state index contributed by atoms with van der Waals surface area (Å²) >= 11 is 3.47. The molecule has 0 aliphatic rings. The Labute approximate surface area is 233 Å². The normalized spacial score (nSPS) is 13.0. The molecule has 0 amide bonds. The fourth-order valence-corrected chi connectivity index (χ4v) is 5.10. The number of benzene rings is 4. The van der Waals surface area contributed by atoms with Gasteiger partial charge in [-0.25, -0.2) is 0 Å². The molecule has 0 fully saturated rings. The highest BCUT2D eigenvalue weighted by Crippen LogP contribution is 2.41. The van der Waals surface area contributed by atoms with E-state index in [0.29, 0.717) is 6.54 Å². The molecule has 0 radical (unpaired) electrons. The fraction of sp³-hybridized carbons (Fsp3) is 0.182. The highest BCUT2D eigenvalue weighted by atomic mass is 79.9. The van der Waals surface area contributed by atoms with Crippen LogP contribution in [-0.2, 0) is 10.3 Å². The van der Waals surface area contributed by atoms with Crippen LogP contribution in [0.1, 0.15) is 28.4 Å². The molecule has 2 unspecified atom stereocenters. The van der Waals surface area contributed by atoms with Crippen LogP contribution in [0.3, 0.4) is 0 Å². The van der Waals surface area contributed by atoms with Gasteiger partial charge in [0, 0.05) is 11.0 Å². The van der Waals surface area contributed by atoms with Gasteiger partial charge in [0.15, 0.2) is 0 Å². The predicted molar refractivity (Wildman–Crippen MR) is 155 cm³/mol.